The summed E-state index contributed by atoms with van der Waals surface area (Å²) in [5.74, 6) is -2.43. The predicted octanol–water partition coefficient (Wildman–Crippen LogP) is 2.23. The number of aliphatic carboxylic acids is 1. The number of fused-ring (bicyclic) bond motifs is 2. The lowest BCUT2D eigenvalue weighted by atomic mass is 9.72. The van der Waals surface area contributed by atoms with Crippen molar-refractivity contribution in [2.75, 3.05) is 13.1 Å². The van der Waals surface area contributed by atoms with Crippen molar-refractivity contribution in [1.82, 2.24) is 5.06 Å². The van der Waals surface area contributed by atoms with Crippen LogP contribution >= 0.6 is 0 Å². The topological polar surface area (TPSA) is 66.8 Å². The van der Waals surface area contributed by atoms with E-state index in [2.05, 4.69) is 6.08 Å². The molecular formula is C16H23NO4. The van der Waals surface area contributed by atoms with Crippen LogP contribution in [0.25, 0.3) is 0 Å². The van der Waals surface area contributed by atoms with Gasteiger partial charge in [0, 0.05) is 18.5 Å². The molecule has 3 rings (SSSR count). The van der Waals surface area contributed by atoms with Gasteiger partial charge in [0.1, 0.15) is 0 Å². The molecule has 2 fully saturated rings. The normalized spacial score (nSPS) is 38.6. The Morgan fingerprint density at radius 1 is 1.33 bits per heavy atom. The number of allylic oxidation sites excluding steroid dienone is 2. The van der Waals surface area contributed by atoms with Crippen LogP contribution in [-0.4, -0.2) is 35.2 Å². The first-order chi connectivity index (χ1) is 10.1. The van der Waals surface area contributed by atoms with Gasteiger partial charge >= 0.3 is 11.9 Å². The molecule has 5 nitrogen and oxygen atoms in total. The number of hydrogen-bond donors (Lipinski definition) is 1. The number of carboxylic acids is 1. The van der Waals surface area contributed by atoms with Crippen LogP contribution in [0.15, 0.2) is 12.2 Å². The quantitative estimate of drug-likeness (QED) is 0.805. The van der Waals surface area contributed by atoms with E-state index in [0.717, 1.165) is 38.8 Å². The zero-order valence-electron chi connectivity index (χ0n) is 12.5. The molecule has 2 aliphatic carbocycles. The highest BCUT2D eigenvalue weighted by atomic mass is 16.7. The number of nitrogens with zero attached hydrogens (tertiary/aromatic N) is 1. The van der Waals surface area contributed by atoms with E-state index in [4.69, 9.17) is 4.84 Å². The standard InChI is InChI=1S/C16H23NO4/c1-2-16-7-6-11(10-16)12(14(18)19)13(16)15(20)21-17-8-4-3-5-9-17/h6-7,11-13H,2-5,8-10H2,1H3,(H,18,19). The number of rotatable bonds is 4. The summed E-state index contributed by atoms with van der Waals surface area (Å²) in [6.07, 6.45) is 8.80. The van der Waals surface area contributed by atoms with Crippen molar-refractivity contribution in [3.63, 3.8) is 0 Å². The maximum absolute atomic E-state index is 12.6. The minimum absolute atomic E-state index is 0.0265. The molecule has 21 heavy (non-hydrogen) atoms. The first-order valence-electron chi connectivity index (χ1n) is 7.96. The van der Waals surface area contributed by atoms with Gasteiger partial charge in [-0.25, -0.2) is 4.79 Å². The van der Waals surface area contributed by atoms with Gasteiger partial charge in [-0.05, 0) is 31.6 Å². The molecule has 2 bridgehead atoms. The molecule has 1 aliphatic heterocycles. The second-order valence-electron chi connectivity index (χ2n) is 6.56. The lowest BCUT2D eigenvalue weighted by Crippen LogP contribution is -2.43. The van der Waals surface area contributed by atoms with Crippen LogP contribution < -0.4 is 0 Å². The van der Waals surface area contributed by atoms with Gasteiger partial charge in [-0.2, -0.15) is 0 Å². The van der Waals surface area contributed by atoms with E-state index in [1.54, 1.807) is 5.06 Å². The summed E-state index contributed by atoms with van der Waals surface area (Å²) in [5.41, 5.74) is -0.319. The number of piperidine rings is 1. The van der Waals surface area contributed by atoms with Gasteiger partial charge in [-0.1, -0.05) is 25.5 Å². The molecule has 1 saturated heterocycles. The Labute approximate surface area is 124 Å². The largest absolute Gasteiger partial charge is 0.481 e. The van der Waals surface area contributed by atoms with Gasteiger partial charge in [0.05, 0.1) is 11.8 Å². The Hall–Kier alpha value is -1.36. The maximum atomic E-state index is 12.6. The molecule has 0 aromatic rings. The van der Waals surface area contributed by atoms with Crippen LogP contribution in [0.5, 0.6) is 0 Å². The zero-order valence-corrected chi connectivity index (χ0v) is 12.5. The van der Waals surface area contributed by atoms with Crippen molar-refractivity contribution in [1.29, 1.82) is 0 Å². The Balaban J connectivity index is 1.78. The van der Waals surface area contributed by atoms with Gasteiger partial charge in [0.25, 0.3) is 0 Å². The minimum Gasteiger partial charge on any atom is -0.481 e. The van der Waals surface area contributed by atoms with Crippen molar-refractivity contribution >= 4 is 11.9 Å². The number of hydrogen-bond acceptors (Lipinski definition) is 4. The third-order valence-electron chi connectivity index (χ3n) is 5.46. The summed E-state index contributed by atoms with van der Waals surface area (Å²) < 4.78 is 0. The molecule has 4 unspecified atom stereocenters. The molecule has 116 valence electrons. The van der Waals surface area contributed by atoms with Gasteiger partial charge < -0.3 is 9.94 Å². The van der Waals surface area contributed by atoms with Gasteiger partial charge in [0.2, 0.25) is 0 Å². The van der Waals surface area contributed by atoms with E-state index in [0.29, 0.717) is 0 Å². The van der Waals surface area contributed by atoms with Gasteiger partial charge in [0.15, 0.2) is 0 Å². The minimum atomic E-state index is -0.875. The van der Waals surface area contributed by atoms with Crippen molar-refractivity contribution in [3.8, 4) is 0 Å². The molecule has 1 saturated carbocycles. The SMILES string of the molecule is CCC12C=CC(C1)C(C(=O)O)C2C(=O)ON1CCCCC1. The second kappa shape index (κ2) is 5.44. The van der Waals surface area contributed by atoms with E-state index in [1.807, 2.05) is 13.0 Å². The van der Waals surface area contributed by atoms with Crippen molar-refractivity contribution in [2.24, 2.45) is 23.2 Å². The second-order valence-corrected chi connectivity index (χ2v) is 6.56. The average Bonchev–Trinajstić information content (AvgIpc) is 3.04. The lowest BCUT2D eigenvalue weighted by molar-refractivity contribution is -0.205. The van der Waals surface area contributed by atoms with Crippen LogP contribution in [0.4, 0.5) is 0 Å². The Morgan fingerprint density at radius 2 is 2.05 bits per heavy atom. The number of carboxylic acid groups (broad SMARTS) is 1. The predicted molar refractivity (Wildman–Crippen MR) is 76.1 cm³/mol. The van der Waals surface area contributed by atoms with E-state index in [-0.39, 0.29) is 17.3 Å². The molecule has 0 aromatic carbocycles. The van der Waals surface area contributed by atoms with Crippen LogP contribution in [-0.2, 0) is 14.4 Å². The number of carbonyl (C=O) groups excluding carboxylic acids is 1. The van der Waals surface area contributed by atoms with E-state index >= 15 is 0 Å². The molecule has 5 heteroatoms. The summed E-state index contributed by atoms with van der Waals surface area (Å²) >= 11 is 0. The Morgan fingerprint density at radius 3 is 2.67 bits per heavy atom. The first kappa shape index (κ1) is 14.6. The van der Waals surface area contributed by atoms with Crippen LogP contribution in [0.3, 0.4) is 0 Å². The fourth-order valence-corrected chi connectivity index (χ4v) is 4.30. The molecule has 4 atom stereocenters. The van der Waals surface area contributed by atoms with Gasteiger partial charge in [-0.15, -0.1) is 5.06 Å². The fraction of sp³-hybridized carbons (Fsp3) is 0.750. The molecule has 1 N–H and O–H groups in total. The third kappa shape index (κ3) is 2.37. The van der Waals surface area contributed by atoms with Crippen LogP contribution in [0, 0.1) is 23.2 Å². The van der Waals surface area contributed by atoms with E-state index < -0.39 is 17.8 Å². The molecule has 0 spiro atoms. The van der Waals surface area contributed by atoms with Crippen molar-refractivity contribution < 1.29 is 19.5 Å². The average molecular weight is 293 g/mol. The summed E-state index contributed by atoms with van der Waals surface area (Å²) in [6, 6.07) is 0. The highest BCUT2D eigenvalue weighted by Crippen LogP contribution is 2.58. The number of hydroxylamine groups is 2. The molecule has 1 heterocycles. The summed E-state index contributed by atoms with van der Waals surface area (Å²) in [5, 5.41) is 11.2. The summed E-state index contributed by atoms with van der Waals surface area (Å²) in [4.78, 5) is 29.8. The molecule has 0 amide bonds. The van der Waals surface area contributed by atoms with Crippen molar-refractivity contribution in [3.05, 3.63) is 12.2 Å². The highest BCUT2D eigenvalue weighted by molar-refractivity contribution is 5.84. The lowest BCUT2D eigenvalue weighted by Gasteiger charge is -2.34. The van der Waals surface area contributed by atoms with Crippen LogP contribution in [0.2, 0.25) is 0 Å². The summed E-state index contributed by atoms with van der Waals surface area (Å²) in [7, 11) is 0. The third-order valence-corrected chi connectivity index (χ3v) is 5.46. The first-order valence-corrected chi connectivity index (χ1v) is 7.96. The molecule has 0 aromatic heterocycles. The van der Waals surface area contributed by atoms with E-state index in [1.165, 1.54) is 6.42 Å². The molecule has 0 radical (unpaired) electrons. The van der Waals surface area contributed by atoms with Crippen LogP contribution in [0.1, 0.15) is 39.0 Å². The summed E-state index contributed by atoms with van der Waals surface area (Å²) in [6.45, 7) is 3.54. The fourth-order valence-electron chi connectivity index (χ4n) is 4.30. The zero-order chi connectivity index (χ0) is 15.0. The Bertz CT molecular complexity index is 469. The van der Waals surface area contributed by atoms with Gasteiger partial charge in [-0.3, -0.25) is 4.79 Å². The highest BCUT2D eigenvalue weighted by Gasteiger charge is 2.60. The Kier molecular flexibility index (Phi) is 3.78. The smallest absolute Gasteiger partial charge is 0.329 e. The maximum Gasteiger partial charge on any atom is 0.329 e. The number of carbonyl (C=O) groups is 2. The van der Waals surface area contributed by atoms with E-state index in [9.17, 15) is 14.7 Å². The molecule has 3 aliphatic rings. The molecular weight excluding hydrogens is 270 g/mol. The monoisotopic (exact) mass is 293 g/mol. The van der Waals surface area contributed by atoms with Crippen molar-refractivity contribution in [2.45, 2.75) is 39.0 Å².